The minimum absolute atomic E-state index is 0.0210. The summed E-state index contributed by atoms with van der Waals surface area (Å²) in [6, 6.07) is -0.319. The van der Waals surface area contributed by atoms with Gasteiger partial charge in [0.2, 0.25) is 5.91 Å². The standard InChI is InChI=1S/C13H26N2O3/c1-9(8-14)5-11(16)15-10(6-12(17)18)7-13(2,3)4/h9-10H,5-8,14H2,1-4H3,(H,15,16)(H,17,18). The van der Waals surface area contributed by atoms with Gasteiger partial charge in [0.15, 0.2) is 0 Å². The molecule has 0 fully saturated rings. The highest BCUT2D eigenvalue weighted by atomic mass is 16.4. The van der Waals surface area contributed by atoms with Crippen LogP contribution in [0.3, 0.4) is 0 Å². The zero-order valence-corrected chi connectivity index (χ0v) is 11.8. The fourth-order valence-electron chi connectivity index (χ4n) is 1.81. The highest BCUT2D eigenvalue weighted by Gasteiger charge is 2.23. The van der Waals surface area contributed by atoms with Crippen molar-refractivity contribution in [3.05, 3.63) is 0 Å². The predicted molar refractivity (Wildman–Crippen MR) is 71.1 cm³/mol. The summed E-state index contributed by atoms with van der Waals surface area (Å²) in [6.45, 7) is 8.43. The Bertz CT molecular complexity index is 284. The summed E-state index contributed by atoms with van der Waals surface area (Å²) in [5.41, 5.74) is 5.44. The third-order valence-corrected chi connectivity index (χ3v) is 2.58. The van der Waals surface area contributed by atoms with Crippen molar-refractivity contribution in [1.82, 2.24) is 5.32 Å². The third-order valence-electron chi connectivity index (χ3n) is 2.58. The molecule has 0 heterocycles. The Morgan fingerprint density at radius 1 is 1.28 bits per heavy atom. The molecule has 5 heteroatoms. The van der Waals surface area contributed by atoms with Crippen molar-refractivity contribution < 1.29 is 14.7 Å². The van der Waals surface area contributed by atoms with Crippen molar-refractivity contribution in [2.45, 2.75) is 53.0 Å². The van der Waals surface area contributed by atoms with E-state index in [1.54, 1.807) is 0 Å². The fraction of sp³-hybridized carbons (Fsp3) is 0.846. The van der Waals surface area contributed by atoms with Gasteiger partial charge in [-0.25, -0.2) is 0 Å². The second-order valence-electron chi connectivity index (χ2n) is 6.17. The van der Waals surface area contributed by atoms with E-state index in [4.69, 9.17) is 10.8 Å². The van der Waals surface area contributed by atoms with Gasteiger partial charge < -0.3 is 16.2 Å². The summed E-state index contributed by atoms with van der Waals surface area (Å²) in [5, 5.41) is 11.6. The van der Waals surface area contributed by atoms with Crippen molar-refractivity contribution in [1.29, 1.82) is 0 Å². The topological polar surface area (TPSA) is 92.4 Å². The van der Waals surface area contributed by atoms with Crippen molar-refractivity contribution in [3.63, 3.8) is 0 Å². The molecular formula is C13H26N2O3. The lowest BCUT2D eigenvalue weighted by Crippen LogP contribution is -2.40. The van der Waals surface area contributed by atoms with Crippen LogP contribution in [0.5, 0.6) is 0 Å². The number of carboxylic acid groups (broad SMARTS) is 1. The van der Waals surface area contributed by atoms with E-state index in [1.165, 1.54) is 0 Å². The zero-order chi connectivity index (χ0) is 14.3. The number of nitrogens with two attached hydrogens (primary N) is 1. The van der Waals surface area contributed by atoms with Crippen LogP contribution >= 0.6 is 0 Å². The lowest BCUT2D eigenvalue weighted by Gasteiger charge is -2.26. The van der Waals surface area contributed by atoms with Crippen LogP contribution in [0.2, 0.25) is 0 Å². The van der Waals surface area contributed by atoms with Crippen LogP contribution in [0.1, 0.15) is 47.0 Å². The van der Waals surface area contributed by atoms with Crippen LogP contribution in [0, 0.1) is 11.3 Å². The lowest BCUT2D eigenvalue weighted by molar-refractivity contribution is -0.137. The molecule has 0 spiro atoms. The number of carboxylic acids is 1. The van der Waals surface area contributed by atoms with Gasteiger partial charge >= 0.3 is 5.97 Å². The Morgan fingerprint density at radius 2 is 1.83 bits per heavy atom. The first-order valence-electron chi connectivity index (χ1n) is 6.35. The number of amides is 1. The summed E-state index contributed by atoms with van der Waals surface area (Å²) in [4.78, 5) is 22.5. The summed E-state index contributed by atoms with van der Waals surface area (Å²) in [5.74, 6) is -0.898. The molecule has 18 heavy (non-hydrogen) atoms. The molecule has 0 saturated carbocycles. The molecule has 0 radical (unpaired) electrons. The van der Waals surface area contributed by atoms with E-state index in [2.05, 4.69) is 5.32 Å². The number of hydrogen-bond donors (Lipinski definition) is 3. The molecule has 1 amide bonds. The highest BCUT2D eigenvalue weighted by molar-refractivity contribution is 5.77. The second-order valence-corrected chi connectivity index (χ2v) is 6.17. The fourth-order valence-corrected chi connectivity index (χ4v) is 1.81. The second kappa shape index (κ2) is 7.36. The monoisotopic (exact) mass is 258 g/mol. The van der Waals surface area contributed by atoms with E-state index < -0.39 is 5.97 Å². The largest absolute Gasteiger partial charge is 0.481 e. The maximum atomic E-state index is 11.7. The molecule has 2 unspecified atom stereocenters. The molecule has 4 N–H and O–H groups in total. The Balaban J connectivity index is 4.40. The molecule has 0 aromatic carbocycles. The van der Waals surface area contributed by atoms with E-state index in [1.807, 2.05) is 27.7 Å². The van der Waals surface area contributed by atoms with Gasteiger partial charge in [0.1, 0.15) is 0 Å². The number of hydrogen-bond acceptors (Lipinski definition) is 3. The summed E-state index contributed by atoms with van der Waals surface area (Å²) in [6.07, 6.45) is 0.943. The smallest absolute Gasteiger partial charge is 0.305 e. The van der Waals surface area contributed by atoms with Crippen molar-refractivity contribution in [3.8, 4) is 0 Å². The number of nitrogens with one attached hydrogen (secondary N) is 1. The van der Waals surface area contributed by atoms with Crippen LogP contribution < -0.4 is 11.1 Å². The van der Waals surface area contributed by atoms with E-state index in [0.717, 1.165) is 0 Å². The zero-order valence-electron chi connectivity index (χ0n) is 11.8. The SMILES string of the molecule is CC(CN)CC(=O)NC(CC(=O)O)CC(C)(C)C. The van der Waals surface area contributed by atoms with Crippen molar-refractivity contribution >= 4 is 11.9 Å². The first-order valence-corrected chi connectivity index (χ1v) is 6.35. The van der Waals surface area contributed by atoms with Crippen LogP contribution in [-0.4, -0.2) is 29.6 Å². The van der Waals surface area contributed by atoms with Crippen molar-refractivity contribution in [2.75, 3.05) is 6.54 Å². The normalized spacial score (nSPS) is 14.9. The van der Waals surface area contributed by atoms with Gasteiger partial charge in [-0.2, -0.15) is 0 Å². The molecule has 106 valence electrons. The van der Waals surface area contributed by atoms with E-state index >= 15 is 0 Å². The average Bonchev–Trinajstić information content (AvgIpc) is 2.12. The van der Waals surface area contributed by atoms with Crippen LogP contribution in [0.25, 0.3) is 0 Å². The number of carbonyl (C=O) groups is 2. The van der Waals surface area contributed by atoms with Crippen LogP contribution in [0.15, 0.2) is 0 Å². The Kier molecular flexibility index (Phi) is 6.91. The highest BCUT2D eigenvalue weighted by Crippen LogP contribution is 2.22. The average molecular weight is 258 g/mol. The molecule has 0 rings (SSSR count). The Hall–Kier alpha value is -1.10. The van der Waals surface area contributed by atoms with Gasteiger partial charge in [-0.3, -0.25) is 9.59 Å². The number of carbonyl (C=O) groups excluding carboxylic acids is 1. The van der Waals surface area contributed by atoms with E-state index in [-0.39, 0.29) is 29.7 Å². The minimum atomic E-state index is -0.892. The van der Waals surface area contributed by atoms with Gasteiger partial charge in [0.05, 0.1) is 6.42 Å². The first kappa shape index (κ1) is 16.9. The summed E-state index contributed by atoms with van der Waals surface area (Å²) >= 11 is 0. The maximum absolute atomic E-state index is 11.7. The Morgan fingerprint density at radius 3 is 2.22 bits per heavy atom. The molecule has 0 aromatic rings. The van der Waals surface area contributed by atoms with Gasteiger partial charge in [0, 0.05) is 12.5 Å². The van der Waals surface area contributed by atoms with Gasteiger partial charge in [-0.05, 0) is 24.3 Å². The Labute approximate surface area is 109 Å². The van der Waals surface area contributed by atoms with Gasteiger partial charge in [0.25, 0.3) is 0 Å². The van der Waals surface area contributed by atoms with Crippen LogP contribution in [-0.2, 0) is 9.59 Å². The lowest BCUT2D eigenvalue weighted by atomic mass is 9.87. The first-order chi connectivity index (χ1) is 8.14. The number of aliphatic carboxylic acids is 1. The van der Waals surface area contributed by atoms with E-state index in [9.17, 15) is 9.59 Å². The van der Waals surface area contributed by atoms with Crippen LogP contribution in [0.4, 0.5) is 0 Å². The molecular weight excluding hydrogens is 232 g/mol. The van der Waals surface area contributed by atoms with E-state index in [0.29, 0.717) is 19.4 Å². The molecule has 0 aliphatic rings. The molecule has 0 aliphatic carbocycles. The summed E-state index contributed by atoms with van der Waals surface area (Å²) < 4.78 is 0. The summed E-state index contributed by atoms with van der Waals surface area (Å²) in [7, 11) is 0. The number of rotatable bonds is 7. The quantitative estimate of drug-likeness (QED) is 0.643. The molecule has 5 nitrogen and oxygen atoms in total. The molecule has 0 bridgehead atoms. The molecule has 0 saturated heterocycles. The molecule has 0 aromatic heterocycles. The maximum Gasteiger partial charge on any atom is 0.305 e. The predicted octanol–water partition coefficient (Wildman–Crippen LogP) is 1.37. The minimum Gasteiger partial charge on any atom is -0.481 e. The third kappa shape index (κ3) is 8.98. The van der Waals surface area contributed by atoms with Gasteiger partial charge in [-0.15, -0.1) is 0 Å². The molecule has 0 aliphatic heterocycles. The molecule has 2 atom stereocenters. The van der Waals surface area contributed by atoms with Crippen molar-refractivity contribution in [2.24, 2.45) is 17.1 Å². The van der Waals surface area contributed by atoms with Gasteiger partial charge in [-0.1, -0.05) is 27.7 Å².